The Morgan fingerprint density at radius 2 is 1.92 bits per heavy atom. The van der Waals surface area contributed by atoms with E-state index < -0.39 is 5.97 Å². The van der Waals surface area contributed by atoms with E-state index in [-0.39, 0.29) is 11.3 Å². The summed E-state index contributed by atoms with van der Waals surface area (Å²) in [5.41, 5.74) is 3.57. The minimum atomic E-state index is -0.412. The Morgan fingerprint density at radius 3 is 2.61 bits per heavy atom. The summed E-state index contributed by atoms with van der Waals surface area (Å²) < 4.78 is 5.79. The molecule has 1 aliphatic carbocycles. The number of anilines is 1. The number of carbonyl (C=O) groups is 2. The van der Waals surface area contributed by atoms with Gasteiger partial charge in [0.1, 0.15) is 5.00 Å². The molecule has 5 nitrogen and oxygen atoms in total. The molecule has 0 radical (unpaired) electrons. The van der Waals surface area contributed by atoms with Gasteiger partial charge in [0.2, 0.25) is 0 Å². The Bertz CT molecular complexity index is 1480. The van der Waals surface area contributed by atoms with Crippen LogP contribution in [0, 0.1) is 11.3 Å². The number of pyridine rings is 1. The van der Waals surface area contributed by atoms with Crippen LogP contribution in [0.1, 0.15) is 58.3 Å². The molecule has 0 spiro atoms. The van der Waals surface area contributed by atoms with Crippen LogP contribution in [0.3, 0.4) is 0 Å². The molecule has 4 aromatic rings. The monoisotopic (exact) mass is 538 g/mol. The molecular formula is C28H27ClN2O3S2. The predicted molar refractivity (Wildman–Crippen MR) is 149 cm³/mol. The molecule has 0 saturated heterocycles. The lowest BCUT2D eigenvalue weighted by molar-refractivity contribution is 0.0600. The maximum Gasteiger partial charge on any atom is 0.341 e. The van der Waals surface area contributed by atoms with Gasteiger partial charge in [-0.1, -0.05) is 50.6 Å². The molecule has 1 aliphatic rings. The molecule has 0 aliphatic heterocycles. The maximum atomic E-state index is 13.7. The number of nitrogens with one attached hydrogen (secondary N) is 1. The van der Waals surface area contributed by atoms with Crippen molar-refractivity contribution in [2.75, 3.05) is 12.4 Å². The van der Waals surface area contributed by atoms with Crippen molar-refractivity contribution < 1.29 is 14.3 Å². The number of halogens is 1. The van der Waals surface area contributed by atoms with Crippen molar-refractivity contribution in [3.8, 4) is 10.6 Å². The number of amides is 1. The average molecular weight is 539 g/mol. The largest absolute Gasteiger partial charge is 0.465 e. The van der Waals surface area contributed by atoms with Gasteiger partial charge in [-0.2, -0.15) is 0 Å². The fourth-order valence-electron chi connectivity index (χ4n) is 4.84. The van der Waals surface area contributed by atoms with Crippen molar-refractivity contribution in [3.63, 3.8) is 0 Å². The second kappa shape index (κ2) is 9.61. The van der Waals surface area contributed by atoms with E-state index in [0.29, 0.717) is 32.1 Å². The van der Waals surface area contributed by atoms with Gasteiger partial charge in [0.25, 0.3) is 5.91 Å². The molecule has 3 heterocycles. The first-order valence-corrected chi connectivity index (χ1v) is 13.9. The van der Waals surface area contributed by atoms with E-state index >= 15 is 0 Å². The molecular weight excluding hydrogens is 512 g/mol. The number of esters is 1. The lowest BCUT2D eigenvalue weighted by Crippen LogP contribution is -2.26. The summed E-state index contributed by atoms with van der Waals surface area (Å²) in [4.78, 5) is 33.3. The first-order chi connectivity index (χ1) is 17.2. The van der Waals surface area contributed by atoms with Crippen LogP contribution in [0.15, 0.2) is 42.5 Å². The van der Waals surface area contributed by atoms with Crippen LogP contribution >= 0.6 is 34.3 Å². The molecule has 0 saturated carbocycles. The number of hydrogen-bond acceptors (Lipinski definition) is 6. The van der Waals surface area contributed by atoms with E-state index in [1.165, 1.54) is 29.8 Å². The number of methoxy groups -OCH3 is 1. The zero-order chi connectivity index (χ0) is 25.6. The first-order valence-electron chi connectivity index (χ1n) is 11.9. The summed E-state index contributed by atoms with van der Waals surface area (Å²) in [7, 11) is 1.38. The topological polar surface area (TPSA) is 68.3 Å². The molecule has 36 heavy (non-hydrogen) atoms. The third-order valence-corrected chi connectivity index (χ3v) is 9.32. The smallest absolute Gasteiger partial charge is 0.341 e. The molecule has 0 bridgehead atoms. The van der Waals surface area contributed by atoms with Crippen molar-refractivity contribution in [1.29, 1.82) is 0 Å². The molecule has 5 rings (SSSR count). The van der Waals surface area contributed by atoms with Crippen LogP contribution < -0.4 is 5.32 Å². The summed E-state index contributed by atoms with van der Waals surface area (Å²) in [5, 5.41) is 4.35. The lowest BCUT2D eigenvalue weighted by atomic mass is 9.72. The quantitative estimate of drug-likeness (QED) is 0.268. The maximum absolute atomic E-state index is 13.7. The Kier molecular flexibility index (Phi) is 6.66. The number of hydrogen-bond donors (Lipinski definition) is 1. The van der Waals surface area contributed by atoms with E-state index in [4.69, 9.17) is 21.3 Å². The Morgan fingerprint density at radius 1 is 1.14 bits per heavy atom. The van der Waals surface area contributed by atoms with E-state index in [1.54, 1.807) is 6.07 Å². The third kappa shape index (κ3) is 4.67. The third-order valence-electron chi connectivity index (χ3n) is 6.89. The summed E-state index contributed by atoms with van der Waals surface area (Å²) >= 11 is 9.07. The van der Waals surface area contributed by atoms with Crippen LogP contribution in [0.4, 0.5) is 5.00 Å². The normalized spacial score (nSPS) is 15.5. The number of aromatic nitrogens is 1. The minimum Gasteiger partial charge on any atom is -0.465 e. The molecule has 1 atom stereocenters. The number of para-hydroxylation sites is 1. The Balaban J connectivity index is 1.56. The highest BCUT2D eigenvalue weighted by Crippen LogP contribution is 2.44. The zero-order valence-electron chi connectivity index (χ0n) is 20.6. The molecule has 0 fully saturated rings. The van der Waals surface area contributed by atoms with E-state index in [9.17, 15) is 9.59 Å². The highest BCUT2D eigenvalue weighted by molar-refractivity contribution is 7.19. The first kappa shape index (κ1) is 24.9. The summed E-state index contributed by atoms with van der Waals surface area (Å²) in [6.07, 6.45) is 2.70. The lowest BCUT2D eigenvalue weighted by Gasteiger charge is -2.33. The van der Waals surface area contributed by atoms with E-state index in [2.05, 4.69) is 26.1 Å². The Hall–Kier alpha value is -2.74. The van der Waals surface area contributed by atoms with Gasteiger partial charge in [0.15, 0.2) is 0 Å². The average Bonchev–Trinajstić information content (AvgIpc) is 3.44. The molecule has 3 aromatic heterocycles. The number of benzene rings is 1. The van der Waals surface area contributed by atoms with Crippen LogP contribution in [-0.2, 0) is 17.6 Å². The van der Waals surface area contributed by atoms with E-state index in [1.807, 2.05) is 36.4 Å². The number of fused-ring (bicyclic) bond motifs is 2. The Labute approximate surface area is 223 Å². The zero-order valence-corrected chi connectivity index (χ0v) is 23.0. The second-order valence-corrected chi connectivity index (χ2v) is 13.0. The van der Waals surface area contributed by atoms with Crippen LogP contribution in [-0.4, -0.2) is 24.0 Å². The second-order valence-electron chi connectivity index (χ2n) is 10.1. The molecule has 1 aromatic carbocycles. The van der Waals surface area contributed by atoms with Gasteiger partial charge in [0, 0.05) is 10.3 Å². The highest BCUT2D eigenvalue weighted by Gasteiger charge is 2.34. The van der Waals surface area contributed by atoms with Crippen molar-refractivity contribution in [1.82, 2.24) is 4.98 Å². The summed E-state index contributed by atoms with van der Waals surface area (Å²) in [5.74, 6) is -0.179. The van der Waals surface area contributed by atoms with Crippen molar-refractivity contribution in [2.24, 2.45) is 11.3 Å². The fourth-order valence-corrected chi connectivity index (χ4v) is 7.16. The van der Waals surface area contributed by atoms with Gasteiger partial charge in [-0.05, 0) is 60.4 Å². The molecule has 186 valence electrons. The highest BCUT2D eigenvalue weighted by atomic mass is 35.5. The number of nitrogens with zero attached hydrogens (tertiary/aromatic N) is 1. The number of carbonyl (C=O) groups excluding carboxylic acids is 2. The van der Waals surface area contributed by atoms with Gasteiger partial charge >= 0.3 is 5.97 Å². The summed E-state index contributed by atoms with van der Waals surface area (Å²) in [6.45, 7) is 6.77. The van der Waals surface area contributed by atoms with Gasteiger partial charge in [-0.3, -0.25) is 4.79 Å². The molecule has 1 amide bonds. The van der Waals surface area contributed by atoms with Crippen molar-refractivity contribution in [3.05, 3.63) is 68.4 Å². The van der Waals surface area contributed by atoms with Gasteiger partial charge in [-0.25, -0.2) is 9.78 Å². The predicted octanol–water partition coefficient (Wildman–Crippen LogP) is 7.87. The number of rotatable bonds is 4. The minimum absolute atomic E-state index is 0.174. The van der Waals surface area contributed by atoms with Crippen LogP contribution in [0.5, 0.6) is 0 Å². The van der Waals surface area contributed by atoms with Gasteiger partial charge in [-0.15, -0.1) is 22.7 Å². The van der Waals surface area contributed by atoms with Gasteiger partial charge < -0.3 is 10.1 Å². The van der Waals surface area contributed by atoms with Crippen molar-refractivity contribution >= 4 is 62.1 Å². The SMILES string of the molecule is COC(=O)c1c(NC(=O)c2cc(-c3ccc(Cl)s3)nc3ccccc23)sc2c1CC[C@@H](C(C)(C)C)C2. The molecule has 0 unspecified atom stereocenters. The molecule has 1 N–H and O–H groups in total. The fraction of sp³-hybridized carbons (Fsp3) is 0.321. The standard InChI is InChI=1S/C28H27ClN2O3S2/c1-28(2,3)15-9-10-17-22(13-15)36-26(24(17)27(33)34-4)31-25(32)18-14-20(21-11-12-23(29)35-21)30-19-8-6-5-7-16(18)19/h5-8,11-12,14-15H,9-10,13H2,1-4H3,(H,31,32)/t15-/m1/s1. The summed E-state index contributed by atoms with van der Waals surface area (Å²) in [6, 6.07) is 13.1. The van der Waals surface area contributed by atoms with E-state index in [0.717, 1.165) is 45.5 Å². The van der Waals surface area contributed by atoms with Crippen molar-refractivity contribution in [2.45, 2.75) is 40.0 Å². The number of thiophene rings is 2. The van der Waals surface area contributed by atoms with Crippen LogP contribution in [0.25, 0.3) is 21.5 Å². The van der Waals surface area contributed by atoms with Gasteiger partial charge in [0.05, 0.1) is 38.7 Å². The number of ether oxygens (including phenoxy) is 1. The van der Waals surface area contributed by atoms with Crippen LogP contribution in [0.2, 0.25) is 4.34 Å². The molecule has 8 heteroatoms.